The topological polar surface area (TPSA) is 109 Å². The first-order valence-corrected chi connectivity index (χ1v) is 17.7. The first kappa shape index (κ1) is 52.0. The van der Waals surface area contributed by atoms with E-state index in [0.29, 0.717) is 0 Å². The van der Waals surface area contributed by atoms with Gasteiger partial charge in [-0.15, -0.1) is 0 Å². The predicted octanol–water partition coefficient (Wildman–Crippen LogP) is 9.31. The van der Waals surface area contributed by atoms with Gasteiger partial charge in [-0.2, -0.15) is 16.8 Å². The Bertz CT molecular complexity index is 1780. The Morgan fingerprint density at radius 1 is 0.510 bits per heavy atom. The monoisotopic (exact) mass is 744 g/mol. The number of benzene rings is 4. The molecule has 0 atom stereocenters. The van der Waals surface area contributed by atoms with Crippen molar-refractivity contribution in [2.45, 2.75) is 6.92 Å². The first-order chi connectivity index (χ1) is 23.3. The summed E-state index contributed by atoms with van der Waals surface area (Å²) in [5.74, 6) is 0. The molecule has 4 aromatic carbocycles. The molecule has 0 amide bonds. The molecule has 0 saturated heterocycles. The van der Waals surface area contributed by atoms with Gasteiger partial charge in [0.15, 0.2) is 0 Å². The molecule has 260 valence electrons. The second kappa shape index (κ2) is 32.5. The normalized spacial score (nSPS) is 10.3. The quantitative estimate of drug-likeness (QED) is 0.101. The Morgan fingerprint density at radius 3 is 1.04 bits per heavy atom. The third-order valence-electron chi connectivity index (χ3n) is 5.29. The van der Waals surface area contributed by atoms with E-state index in [1.54, 1.807) is 60.7 Å². The van der Waals surface area contributed by atoms with Crippen molar-refractivity contribution >= 4 is 104 Å². The molecule has 0 saturated carbocycles. The van der Waals surface area contributed by atoms with E-state index in [2.05, 4.69) is 44.5 Å². The van der Waals surface area contributed by atoms with E-state index in [-0.39, 0.29) is 59.1 Å². The molecule has 0 heterocycles. The van der Waals surface area contributed by atoms with E-state index in [1.807, 2.05) is 91.9 Å². The molecule has 4 aromatic rings. The number of rotatable bonds is 9. The predicted molar refractivity (Wildman–Crippen MR) is 225 cm³/mol. The van der Waals surface area contributed by atoms with E-state index in [4.69, 9.17) is 9.11 Å². The Balaban J connectivity index is -0.000000574. The molecular formula is C41H46Na2O6S2. The van der Waals surface area contributed by atoms with Crippen molar-refractivity contribution < 1.29 is 25.9 Å². The van der Waals surface area contributed by atoms with Crippen LogP contribution in [0.1, 0.15) is 29.2 Å². The van der Waals surface area contributed by atoms with Crippen molar-refractivity contribution in [2.24, 2.45) is 0 Å². The maximum absolute atomic E-state index is 10.3. The van der Waals surface area contributed by atoms with Crippen LogP contribution >= 0.6 is 0 Å². The average molecular weight is 745 g/mol. The van der Waals surface area contributed by atoms with Crippen LogP contribution in [0.25, 0.3) is 24.3 Å². The summed E-state index contributed by atoms with van der Waals surface area (Å²) < 4.78 is 57.8. The summed E-state index contributed by atoms with van der Waals surface area (Å²) in [5.41, 5.74) is 4.87. The molecular weight excluding hydrogens is 699 g/mol. The molecule has 4 rings (SSSR count). The Hall–Kier alpha value is -3.38. The fourth-order valence-corrected chi connectivity index (χ4v) is 3.58. The average Bonchev–Trinajstić information content (AvgIpc) is 3.10. The van der Waals surface area contributed by atoms with Crippen molar-refractivity contribution in [3.8, 4) is 0 Å². The van der Waals surface area contributed by atoms with E-state index in [1.165, 1.54) is 23.3 Å². The van der Waals surface area contributed by atoms with Gasteiger partial charge < -0.3 is 0 Å². The molecule has 0 aliphatic rings. The van der Waals surface area contributed by atoms with Gasteiger partial charge in [-0.25, -0.2) is 0 Å². The molecule has 0 spiro atoms. The van der Waals surface area contributed by atoms with Gasteiger partial charge in [0.1, 0.15) is 0 Å². The first-order valence-electron chi connectivity index (χ1n) is 14.7. The van der Waals surface area contributed by atoms with E-state index in [0.717, 1.165) is 27.5 Å². The second-order valence-electron chi connectivity index (χ2n) is 9.51. The molecule has 0 aliphatic carbocycles. The van der Waals surface area contributed by atoms with Gasteiger partial charge in [-0.1, -0.05) is 196 Å². The molecule has 10 heteroatoms. The maximum atomic E-state index is 10.3. The zero-order chi connectivity index (χ0) is 36.8. The Labute approximate surface area is 349 Å². The molecule has 0 radical (unpaired) electrons. The molecule has 0 aliphatic heterocycles. The van der Waals surface area contributed by atoms with Gasteiger partial charge in [-0.05, 0) is 41.3 Å². The van der Waals surface area contributed by atoms with Gasteiger partial charge in [0.25, 0.3) is 20.2 Å². The van der Waals surface area contributed by atoms with Crippen LogP contribution in [0.5, 0.6) is 0 Å². The summed E-state index contributed by atoms with van der Waals surface area (Å²) in [6, 6.07) is 37.9. The third-order valence-corrected chi connectivity index (χ3v) is 6.25. The fraction of sp³-hybridized carbons (Fsp3) is 0.0244. The standard InChI is InChI=1S/C12H12.2C8H8O3S.C8H8.C5H8.2Na.2H/c1-2-3-4-6-9-12-10-7-5-8-11-12;2*9-12(10,11)7-6-8-4-2-1-3-5-8;1-2-8-6-4-3-5-7-8;1-4-5(2)3;;;;/h2-11H,1H2;2*1-7H,(H,9,10,11);2-7H,1H2;4H,1-2H2,3H3;;;;. The van der Waals surface area contributed by atoms with Crippen LogP contribution in [0.4, 0.5) is 0 Å². The van der Waals surface area contributed by atoms with Crippen molar-refractivity contribution in [1.29, 1.82) is 0 Å². The van der Waals surface area contributed by atoms with Gasteiger partial charge in [0.2, 0.25) is 0 Å². The van der Waals surface area contributed by atoms with Crippen LogP contribution in [0.3, 0.4) is 0 Å². The molecule has 2 N–H and O–H groups in total. The van der Waals surface area contributed by atoms with Crippen LogP contribution in [0, 0.1) is 0 Å². The van der Waals surface area contributed by atoms with Crippen LogP contribution < -0.4 is 0 Å². The van der Waals surface area contributed by atoms with Gasteiger partial charge in [-0.3, -0.25) is 9.11 Å². The van der Waals surface area contributed by atoms with Crippen molar-refractivity contribution in [2.75, 3.05) is 0 Å². The molecule has 0 unspecified atom stereocenters. The molecule has 0 fully saturated rings. The molecule has 6 nitrogen and oxygen atoms in total. The van der Waals surface area contributed by atoms with Crippen LogP contribution in [-0.2, 0) is 20.2 Å². The van der Waals surface area contributed by atoms with Crippen molar-refractivity contribution in [3.05, 3.63) is 217 Å². The second-order valence-corrected chi connectivity index (χ2v) is 12.1. The number of hydrogen-bond acceptors (Lipinski definition) is 4. The summed E-state index contributed by atoms with van der Waals surface area (Å²) in [7, 11) is -8.01. The van der Waals surface area contributed by atoms with Gasteiger partial charge in [0, 0.05) is 0 Å². The fourth-order valence-electron chi connectivity index (χ4n) is 2.92. The van der Waals surface area contributed by atoms with Crippen molar-refractivity contribution in [1.82, 2.24) is 0 Å². The third kappa shape index (κ3) is 36.2. The molecule has 0 bridgehead atoms. The minimum atomic E-state index is -4.00. The Kier molecular flexibility index (Phi) is 33.2. The van der Waals surface area contributed by atoms with E-state index in [9.17, 15) is 16.8 Å². The van der Waals surface area contributed by atoms with Crippen LogP contribution in [0.15, 0.2) is 194 Å². The SMILES string of the molecule is C=CC(=C)C.C=CC=CC=Cc1ccccc1.C=Cc1ccccc1.O=S(=O)(O)C=Cc1ccccc1.O=S(=O)(O)C=Cc1ccccc1.[NaH].[NaH]. The summed E-state index contributed by atoms with van der Waals surface area (Å²) >= 11 is 0. The van der Waals surface area contributed by atoms with Gasteiger partial charge >= 0.3 is 59.1 Å². The van der Waals surface area contributed by atoms with Crippen LogP contribution in [-0.4, -0.2) is 85.1 Å². The zero-order valence-corrected chi connectivity index (χ0v) is 29.2. The van der Waals surface area contributed by atoms with Gasteiger partial charge in [0.05, 0.1) is 10.8 Å². The summed E-state index contributed by atoms with van der Waals surface area (Å²) in [4.78, 5) is 0. The van der Waals surface area contributed by atoms with E-state index < -0.39 is 20.2 Å². The van der Waals surface area contributed by atoms with Crippen LogP contribution in [0.2, 0.25) is 0 Å². The number of hydrogen-bond donors (Lipinski definition) is 2. The zero-order valence-electron chi connectivity index (χ0n) is 27.6. The summed E-state index contributed by atoms with van der Waals surface area (Å²) in [5, 5.41) is 1.50. The summed E-state index contributed by atoms with van der Waals surface area (Å²) in [6.07, 6.45) is 15.9. The minimum absolute atomic E-state index is 0. The Morgan fingerprint density at radius 2 is 0.804 bits per heavy atom. The molecule has 0 aromatic heterocycles. The van der Waals surface area contributed by atoms with E-state index >= 15 is 0 Å². The number of allylic oxidation sites excluding steroid dienone is 6. The summed E-state index contributed by atoms with van der Waals surface area (Å²) in [6.45, 7) is 16.1. The van der Waals surface area contributed by atoms with Crippen molar-refractivity contribution in [3.63, 3.8) is 0 Å². The molecule has 51 heavy (non-hydrogen) atoms.